The number of thioether (sulfide) groups is 1. The van der Waals surface area contributed by atoms with E-state index in [4.69, 9.17) is 4.74 Å². The third kappa shape index (κ3) is 6.70. The number of carbonyl (C=O) groups is 1. The van der Waals surface area contributed by atoms with Crippen molar-refractivity contribution in [3.63, 3.8) is 0 Å². The Morgan fingerprint density at radius 3 is 2.66 bits per heavy atom. The molecule has 7 nitrogen and oxygen atoms in total. The molecule has 0 saturated carbocycles. The molecule has 4 rings (SSSR count). The Balaban J connectivity index is 1.34. The standard InChI is InChI=1S/C26H29N5O2S2/c1-18-28-30-25(35-18)34-17-24(32)29-27-15-19-16-31(23-8-6-5-7-22(19)23)13-14-33-21-11-9-20(10-12-21)26(2,3)4/h5-12,15-16H,13-14,17H2,1-4H3,(H,29,32)/b27-15+. The largest absolute Gasteiger partial charge is 0.492 e. The molecule has 0 spiro atoms. The minimum absolute atomic E-state index is 0.122. The van der Waals surface area contributed by atoms with Gasteiger partial charge in [-0.1, -0.05) is 74.2 Å². The van der Waals surface area contributed by atoms with Crippen molar-refractivity contribution < 1.29 is 9.53 Å². The number of nitrogens with zero attached hydrogens (tertiary/aromatic N) is 4. The van der Waals surface area contributed by atoms with Crippen LogP contribution in [0.1, 0.15) is 36.9 Å². The molecule has 1 N–H and O–H groups in total. The van der Waals surface area contributed by atoms with E-state index in [1.807, 2.05) is 37.4 Å². The van der Waals surface area contributed by atoms with Gasteiger partial charge in [-0.2, -0.15) is 5.10 Å². The molecule has 2 aromatic heterocycles. The molecule has 0 saturated heterocycles. The van der Waals surface area contributed by atoms with Gasteiger partial charge in [0.1, 0.15) is 17.4 Å². The van der Waals surface area contributed by atoms with Gasteiger partial charge < -0.3 is 9.30 Å². The quantitative estimate of drug-likeness (QED) is 0.186. The van der Waals surface area contributed by atoms with Gasteiger partial charge in [-0.25, -0.2) is 5.43 Å². The molecule has 0 radical (unpaired) electrons. The van der Waals surface area contributed by atoms with Crippen LogP contribution >= 0.6 is 23.1 Å². The van der Waals surface area contributed by atoms with Gasteiger partial charge in [0, 0.05) is 22.7 Å². The molecule has 0 unspecified atom stereocenters. The number of amides is 1. The second-order valence-corrected chi connectivity index (χ2v) is 11.5. The van der Waals surface area contributed by atoms with Gasteiger partial charge in [0.25, 0.3) is 5.91 Å². The van der Waals surface area contributed by atoms with Crippen LogP contribution in [-0.2, 0) is 16.8 Å². The Hall–Kier alpha value is -3.17. The van der Waals surface area contributed by atoms with E-state index in [9.17, 15) is 4.79 Å². The molecule has 9 heteroatoms. The summed E-state index contributed by atoms with van der Waals surface area (Å²) in [5, 5.41) is 14.1. The number of ether oxygens (including phenoxy) is 1. The molecule has 0 aliphatic carbocycles. The molecule has 0 bridgehead atoms. The van der Waals surface area contributed by atoms with Crippen molar-refractivity contribution in [3.05, 3.63) is 70.9 Å². The zero-order chi connectivity index (χ0) is 24.8. The van der Waals surface area contributed by atoms with Gasteiger partial charge >= 0.3 is 0 Å². The number of fused-ring (bicyclic) bond motifs is 1. The average Bonchev–Trinajstić information content (AvgIpc) is 3.41. The second-order valence-electron chi connectivity index (χ2n) is 9.09. The number of aryl methyl sites for hydroxylation is 1. The van der Waals surface area contributed by atoms with Crippen molar-refractivity contribution in [2.45, 2.75) is 44.0 Å². The van der Waals surface area contributed by atoms with Gasteiger partial charge in [-0.3, -0.25) is 4.79 Å². The zero-order valence-electron chi connectivity index (χ0n) is 20.3. The fraction of sp³-hybridized carbons (Fsp3) is 0.308. The summed E-state index contributed by atoms with van der Waals surface area (Å²) in [6.45, 7) is 9.73. The van der Waals surface area contributed by atoms with Crippen molar-refractivity contribution in [1.82, 2.24) is 20.2 Å². The van der Waals surface area contributed by atoms with E-state index in [1.54, 1.807) is 6.21 Å². The first-order valence-electron chi connectivity index (χ1n) is 11.4. The van der Waals surface area contributed by atoms with Crippen LogP contribution in [-0.4, -0.2) is 39.2 Å². The second kappa shape index (κ2) is 11.0. The van der Waals surface area contributed by atoms with Crippen LogP contribution in [0.5, 0.6) is 5.75 Å². The average molecular weight is 508 g/mol. The molecule has 4 aromatic rings. The summed E-state index contributed by atoms with van der Waals surface area (Å²) < 4.78 is 8.91. The first-order valence-corrected chi connectivity index (χ1v) is 13.2. The van der Waals surface area contributed by atoms with E-state index in [2.05, 4.69) is 70.3 Å². The lowest BCUT2D eigenvalue weighted by molar-refractivity contribution is -0.118. The Morgan fingerprint density at radius 1 is 1.17 bits per heavy atom. The van der Waals surface area contributed by atoms with E-state index in [0.29, 0.717) is 13.2 Å². The zero-order valence-corrected chi connectivity index (χ0v) is 21.9. The normalized spacial score (nSPS) is 11.9. The monoisotopic (exact) mass is 507 g/mol. The maximum atomic E-state index is 12.1. The third-order valence-electron chi connectivity index (χ3n) is 5.37. The molecular formula is C26H29N5O2S2. The predicted molar refractivity (Wildman–Crippen MR) is 144 cm³/mol. The van der Waals surface area contributed by atoms with Crippen LogP contribution in [0.25, 0.3) is 10.9 Å². The molecule has 0 aliphatic heterocycles. The molecule has 2 heterocycles. The van der Waals surface area contributed by atoms with E-state index in [-0.39, 0.29) is 17.1 Å². The fourth-order valence-corrected chi connectivity index (χ4v) is 5.15. The van der Waals surface area contributed by atoms with Crippen LogP contribution in [0, 0.1) is 6.92 Å². The number of carbonyl (C=O) groups excluding carboxylic acids is 1. The highest BCUT2D eigenvalue weighted by atomic mass is 32.2. The highest BCUT2D eigenvalue weighted by Crippen LogP contribution is 2.25. The van der Waals surface area contributed by atoms with Crippen molar-refractivity contribution in [2.24, 2.45) is 5.10 Å². The minimum Gasteiger partial charge on any atom is -0.492 e. The van der Waals surface area contributed by atoms with Crippen molar-refractivity contribution in [1.29, 1.82) is 0 Å². The molecular weight excluding hydrogens is 478 g/mol. The lowest BCUT2D eigenvalue weighted by Crippen LogP contribution is -2.19. The Bertz CT molecular complexity index is 1320. The minimum atomic E-state index is -0.186. The lowest BCUT2D eigenvalue weighted by Gasteiger charge is -2.19. The summed E-state index contributed by atoms with van der Waals surface area (Å²) in [7, 11) is 0. The van der Waals surface area contributed by atoms with Crippen molar-refractivity contribution in [3.8, 4) is 5.75 Å². The van der Waals surface area contributed by atoms with Crippen LogP contribution in [0.4, 0.5) is 0 Å². The number of hydrazone groups is 1. The smallest absolute Gasteiger partial charge is 0.250 e. The molecule has 1 amide bonds. The molecule has 0 fully saturated rings. The molecule has 0 atom stereocenters. The van der Waals surface area contributed by atoms with Gasteiger partial charge in [0.05, 0.1) is 18.5 Å². The van der Waals surface area contributed by atoms with Gasteiger partial charge in [0.2, 0.25) is 0 Å². The molecule has 0 aliphatic rings. The highest BCUT2D eigenvalue weighted by Gasteiger charge is 2.13. The van der Waals surface area contributed by atoms with Crippen LogP contribution < -0.4 is 10.2 Å². The molecule has 182 valence electrons. The summed E-state index contributed by atoms with van der Waals surface area (Å²) in [5.41, 5.74) is 6.02. The van der Waals surface area contributed by atoms with Crippen LogP contribution in [0.15, 0.2) is 64.2 Å². The number of hydrogen-bond acceptors (Lipinski definition) is 7. The number of benzene rings is 2. The number of aromatic nitrogens is 3. The number of nitrogens with one attached hydrogen (secondary N) is 1. The summed E-state index contributed by atoms with van der Waals surface area (Å²) in [6, 6.07) is 16.4. The Morgan fingerprint density at radius 2 is 1.94 bits per heavy atom. The van der Waals surface area contributed by atoms with E-state index < -0.39 is 0 Å². The highest BCUT2D eigenvalue weighted by molar-refractivity contribution is 8.01. The number of hydrogen-bond donors (Lipinski definition) is 1. The van der Waals surface area contributed by atoms with Gasteiger partial charge in [-0.05, 0) is 36.1 Å². The first kappa shape index (κ1) is 24.9. The lowest BCUT2D eigenvalue weighted by atomic mass is 9.87. The SMILES string of the molecule is Cc1nnc(SCC(=O)N/N=C/c2cn(CCOc3ccc(C(C)(C)C)cc3)c3ccccc23)s1. The maximum absolute atomic E-state index is 12.1. The predicted octanol–water partition coefficient (Wildman–Crippen LogP) is 5.42. The van der Waals surface area contributed by atoms with E-state index in [1.165, 1.54) is 28.7 Å². The van der Waals surface area contributed by atoms with E-state index in [0.717, 1.165) is 31.6 Å². The third-order valence-corrected chi connectivity index (χ3v) is 7.34. The topological polar surface area (TPSA) is 81.4 Å². The summed E-state index contributed by atoms with van der Waals surface area (Å²) in [5.74, 6) is 0.913. The number of rotatable bonds is 9. The van der Waals surface area contributed by atoms with Crippen LogP contribution in [0.2, 0.25) is 0 Å². The van der Waals surface area contributed by atoms with Gasteiger partial charge in [-0.15, -0.1) is 10.2 Å². The van der Waals surface area contributed by atoms with Crippen molar-refractivity contribution in [2.75, 3.05) is 12.4 Å². The van der Waals surface area contributed by atoms with E-state index >= 15 is 0 Å². The van der Waals surface area contributed by atoms with Crippen molar-refractivity contribution >= 4 is 46.1 Å². The molecule has 2 aromatic carbocycles. The molecule has 35 heavy (non-hydrogen) atoms. The summed E-state index contributed by atoms with van der Waals surface area (Å²) >= 11 is 2.82. The van der Waals surface area contributed by atoms with Gasteiger partial charge in [0.15, 0.2) is 4.34 Å². The first-order chi connectivity index (χ1) is 16.8. The summed E-state index contributed by atoms with van der Waals surface area (Å²) in [6.07, 6.45) is 3.72. The fourth-order valence-electron chi connectivity index (χ4n) is 3.55. The maximum Gasteiger partial charge on any atom is 0.250 e. The van der Waals surface area contributed by atoms with Crippen LogP contribution in [0.3, 0.4) is 0 Å². The number of para-hydroxylation sites is 1. The Kier molecular flexibility index (Phi) is 7.87. The Labute approximate surface area is 213 Å². The summed E-state index contributed by atoms with van der Waals surface area (Å²) in [4.78, 5) is 12.1.